The van der Waals surface area contributed by atoms with Crippen LogP contribution in [-0.2, 0) is 9.59 Å². The van der Waals surface area contributed by atoms with Gasteiger partial charge in [-0.3, -0.25) is 14.6 Å². The minimum Gasteiger partial charge on any atom is -0.324 e. The molecule has 1 aliphatic heterocycles. The number of carbonyl (C=O) groups excluding carboxylic acids is 2. The van der Waals surface area contributed by atoms with Crippen molar-refractivity contribution in [3.8, 4) is 0 Å². The van der Waals surface area contributed by atoms with E-state index in [1.807, 2.05) is 38.1 Å². The lowest BCUT2D eigenvalue weighted by molar-refractivity contribution is -0.120. The highest BCUT2D eigenvalue weighted by Gasteiger charge is 2.26. The number of nitrogens with zero attached hydrogens (tertiary/aromatic N) is 2. The second-order valence-electron chi connectivity index (χ2n) is 7.58. The third-order valence-electron chi connectivity index (χ3n) is 5.18. The van der Waals surface area contributed by atoms with E-state index in [1.54, 1.807) is 30.3 Å². The van der Waals surface area contributed by atoms with E-state index in [1.165, 1.54) is 17.0 Å². The number of hydrogen-bond acceptors (Lipinski definition) is 3. The molecule has 31 heavy (non-hydrogen) atoms. The molecule has 1 heterocycles. The van der Waals surface area contributed by atoms with Gasteiger partial charge in [0.05, 0.1) is 23.5 Å². The SMILES string of the molecule is Cc1ccc(NC(=O)CN2C(=O)CC(c3ccc(F)cc3)=Nc3ccccc32)c(C)c1. The summed E-state index contributed by atoms with van der Waals surface area (Å²) in [5.74, 6) is -0.890. The Morgan fingerprint density at radius 2 is 1.81 bits per heavy atom. The summed E-state index contributed by atoms with van der Waals surface area (Å²) in [5, 5.41) is 2.89. The monoisotopic (exact) mass is 415 g/mol. The summed E-state index contributed by atoms with van der Waals surface area (Å²) in [5.41, 5.74) is 5.15. The van der Waals surface area contributed by atoms with Crippen LogP contribution in [0, 0.1) is 19.7 Å². The van der Waals surface area contributed by atoms with Gasteiger partial charge >= 0.3 is 0 Å². The number of fused-ring (bicyclic) bond motifs is 1. The van der Waals surface area contributed by atoms with Crippen molar-refractivity contribution >= 4 is 34.6 Å². The fourth-order valence-electron chi connectivity index (χ4n) is 3.61. The van der Waals surface area contributed by atoms with Crippen molar-refractivity contribution in [1.29, 1.82) is 0 Å². The molecule has 4 rings (SSSR count). The third-order valence-corrected chi connectivity index (χ3v) is 5.18. The molecule has 0 aliphatic carbocycles. The first-order valence-corrected chi connectivity index (χ1v) is 10.0. The fraction of sp³-hybridized carbons (Fsp3) is 0.160. The molecule has 3 aromatic rings. The van der Waals surface area contributed by atoms with E-state index in [4.69, 9.17) is 0 Å². The predicted molar refractivity (Wildman–Crippen MR) is 121 cm³/mol. The van der Waals surface area contributed by atoms with Crippen LogP contribution in [0.2, 0.25) is 0 Å². The average molecular weight is 415 g/mol. The molecular formula is C25H22FN3O2. The zero-order valence-corrected chi connectivity index (χ0v) is 17.4. The lowest BCUT2D eigenvalue weighted by atomic mass is 10.1. The molecule has 2 amide bonds. The van der Waals surface area contributed by atoms with Gasteiger partial charge in [0.1, 0.15) is 12.4 Å². The van der Waals surface area contributed by atoms with Gasteiger partial charge < -0.3 is 10.2 Å². The Kier molecular flexibility index (Phi) is 5.62. The molecule has 1 aliphatic rings. The molecule has 0 saturated carbocycles. The summed E-state index contributed by atoms with van der Waals surface area (Å²) < 4.78 is 13.3. The van der Waals surface area contributed by atoms with Crippen molar-refractivity contribution in [2.45, 2.75) is 20.3 Å². The van der Waals surface area contributed by atoms with E-state index >= 15 is 0 Å². The van der Waals surface area contributed by atoms with Crippen LogP contribution in [0.4, 0.5) is 21.5 Å². The van der Waals surface area contributed by atoms with Crippen LogP contribution in [-0.4, -0.2) is 24.1 Å². The lowest BCUT2D eigenvalue weighted by Crippen LogP contribution is -2.38. The standard InChI is InChI=1S/C25H22FN3O2/c1-16-7-12-20(17(2)13-16)28-24(30)15-29-23-6-4-3-5-21(23)27-22(14-25(29)31)18-8-10-19(26)11-9-18/h3-13H,14-15H2,1-2H3,(H,28,30). The van der Waals surface area contributed by atoms with Crippen LogP contribution in [0.5, 0.6) is 0 Å². The highest BCUT2D eigenvalue weighted by Crippen LogP contribution is 2.33. The van der Waals surface area contributed by atoms with E-state index in [0.717, 1.165) is 16.8 Å². The molecule has 0 unspecified atom stereocenters. The van der Waals surface area contributed by atoms with Gasteiger partial charge in [-0.15, -0.1) is 0 Å². The smallest absolute Gasteiger partial charge is 0.244 e. The van der Waals surface area contributed by atoms with Gasteiger partial charge in [-0.2, -0.15) is 0 Å². The second-order valence-corrected chi connectivity index (χ2v) is 7.58. The van der Waals surface area contributed by atoms with Crippen molar-refractivity contribution < 1.29 is 14.0 Å². The summed E-state index contributed by atoms with van der Waals surface area (Å²) in [6.45, 7) is 3.79. The molecule has 1 N–H and O–H groups in total. The summed E-state index contributed by atoms with van der Waals surface area (Å²) in [6, 6.07) is 18.9. The molecule has 156 valence electrons. The number of nitrogens with one attached hydrogen (secondary N) is 1. The molecule has 0 aromatic heterocycles. The Labute approximate surface area is 180 Å². The number of aryl methyl sites for hydroxylation is 2. The van der Waals surface area contributed by atoms with E-state index in [2.05, 4.69) is 10.3 Å². The normalized spacial score (nSPS) is 13.3. The largest absolute Gasteiger partial charge is 0.324 e. The third kappa shape index (κ3) is 4.53. The van der Waals surface area contributed by atoms with Crippen LogP contribution >= 0.6 is 0 Å². The molecule has 0 spiro atoms. The minimum atomic E-state index is -0.352. The van der Waals surface area contributed by atoms with Gasteiger partial charge in [-0.25, -0.2) is 4.39 Å². The van der Waals surface area contributed by atoms with E-state index < -0.39 is 0 Å². The van der Waals surface area contributed by atoms with Crippen LogP contribution in [0.1, 0.15) is 23.1 Å². The molecule has 0 saturated heterocycles. The number of rotatable bonds is 4. The highest BCUT2D eigenvalue weighted by atomic mass is 19.1. The molecule has 0 radical (unpaired) electrons. The summed E-state index contributed by atoms with van der Waals surface area (Å²) in [4.78, 5) is 32.0. The second kappa shape index (κ2) is 8.52. The number of halogens is 1. The Bertz CT molecular complexity index is 1190. The zero-order valence-electron chi connectivity index (χ0n) is 17.4. The van der Waals surface area contributed by atoms with Gasteiger partial charge in [-0.05, 0) is 55.3 Å². The summed E-state index contributed by atoms with van der Waals surface area (Å²) >= 11 is 0. The average Bonchev–Trinajstić information content (AvgIpc) is 2.87. The quantitative estimate of drug-likeness (QED) is 0.656. The Hall–Kier alpha value is -3.80. The van der Waals surface area contributed by atoms with E-state index in [0.29, 0.717) is 22.6 Å². The Morgan fingerprint density at radius 3 is 2.55 bits per heavy atom. The number of aliphatic imine (C=N–C) groups is 1. The van der Waals surface area contributed by atoms with Gasteiger partial charge in [0.2, 0.25) is 11.8 Å². The van der Waals surface area contributed by atoms with Crippen LogP contribution < -0.4 is 10.2 Å². The van der Waals surface area contributed by atoms with Crippen molar-refractivity contribution in [1.82, 2.24) is 0 Å². The molecule has 5 nitrogen and oxygen atoms in total. The van der Waals surface area contributed by atoms with Crippen molar-refractivity contribution in [3.05, 3.63) is 89.2 Å². The predicted octanol–water partition coefficient (Wildman–Crippen LogP) is 4.94. The summed E-state index contributed by atoms with van der Waals surface area (Å²) in [7, 11) is 0. The maximum absolute atomic E-state index is 13.3. The summed E-state index contributed by atoms with van der Waals surface area (Å²) in [6.07, 6.45) is 0.0111. The molecule has 0 fully saturated rings. The van der Waals surface area contributed by atoms with E-state index in [9.17, 15) is 14.0 Å². The van der Waals surface area contributed by atoms with Gasteiger partial charge in [0.15, 0.2) is 0 Å². The number of hydrogen-bond donors (Lipinski definition) is 1. The molecule has 3 aromatic carbocycles. The van der Waals surface area contributed by atoms with Crippen molar-refractivity contribution in [3.63, 3.8) is 0 Å². The maximum atomic E-state index is 13.3. The van der Waals surface area contributed by atoms with Gasteiger partial charge in [-0.1, -0.05) is 42.0 Å². The highest BCUT2D eigenvalue weighted by molar-refractivity contribution is 6.19. The zero-order chi connectivity index (χ0) is 22.0. The lowest BCUT2D eigenvalue weighted by Gasteiger charge is -2.22. The minimum absolute atomic E-state index is 0.0111. The number of para-hydroxylation sites is 2. The number of benzene rings is 3. The first kappa shape index (κ1) is 20.5. The first-order valence-electron chi connectivity index (χ1n) is 10.0. The van der Waals surface area contributed by atoms with Crippen molar-refractivity contribution in [2.75, 3.05) is 16.8 Å². The number of amides is 2. The van der Waals surface area contributed by atoms with Crippen molar-refractivity contribution in [2.24, 2.45) is 4.99 Å². The van der Waals surface area contributed by atoms with Gasteiger partial charge in [0.25, 0.3) is 0 Å². The van der Waals surface area contributed by atoms with Gasteiger partial charge in [0, 0.05) is 5.69 Å². The Morgan fingerprint density at radius 1 is 1.06 bits per heavy atom. The fourth-order valence-corrected chi connectivity index (χ4v) is 3.61. The molecular weight excluding hydrogens is 393 g/mol. The first-order chi connectivity index (χ1) is 14.9. The van der Waals surface area contributed by atoms with Crippen LogP contribution in [0.25, 0.3) is 0 Å². The van der Waals surface area contributed by atoms with Crippen LogP contribution in [0.3, 0.4) is 0 Å². The molecule has 0 atom stereocenters. The molecule has 0 bridgehead atoms. The van der Waals surface area contributed by atoms with E-state index in [-0.39, 0.29) is 30.6 Å². The number of anilines is 2. The molecule has 6 heteroatoms. The number of carbonyl (C=O) groups is 2. The Balaban J connectivity index is 1.60. The van der Waals surface area contributed by atoms with Crippen LogP contribution in [0.15, 0.2) is 71.7 Å². The maximum Gasteiger partial charge on any atom is 0.244 e. The topological polar surface area (TPSA) is 61.8 Å².